The maximum atomic E-state index is 12.9. The second kappa shape index (κ2) is 6.21. The number of para-hydroxylation sites is 1. The predicted molar refractivity (Wildman–Crippen MR) is 101 cm³/mol. The van der Waals surface area contributed by atoms with E-state index in [9.17, 15) is 13.2 Å². The number of benzene rings is 2. The SMILES string of the molecule is CN1Cc2cc(NS(=O)(=O)c3cccc4c3NCCC4)ccc2NC1=O. The van der Waals surface area contributed by atoms with Gasteiger partial charge in [0.25, 0.3) is 10.0 Å². The van der Waals surface area contributed by atoms with Crippen molar-refractivity contribution in [1.29, 1.82) is 0 Å². The lowest BCUT2D eigenvalue weighted by molar-refractivity contribution is 0.218. The highest BCUT2D eigenvalue weighted by atomic mass is 32.2. The summed E-state index contributed by atoms with van der Waals surface area (Å²) in [5, 5.41) is 5.98. The van der Waals surface area contributed by atoms with Gasteiger partial charge in [0, 0.05) is 31.5 Å². The first-order valence-electron chi connectivity index (χ1n) is 8.48. The average molecular weight is 372 g/mol. The first-order valence-corrected chi connectivity index (χ1v) is 9.96. The topological polar surface area (TPSA) is 90.5 Å². The third-order valence-electron chi connectivity index (χ3n) is 4.68. The van der Waals surface area contributed by atoms with E-state index in [1.165, 1.54) is 4.90 Å². The van der Waals surface area contributed by atoms with Gasteiger partial charge >= 0.3 is 6.03 Å². The van der Waals surface area contributed by atoms with Crippen molar-refractivity contribution in [3.63, 3.8) is 0 Å². The Morgan fingerprint density at radius 1 is 1.15 bits per heavy atom. The molecule has 0 fully saturated rings. The number of aryl methyl sites for hydroxylation is 1. The fraction of sp³-hybridized carbons (Fsp3) is 0.278. The monoisotopic (exact) mass is 372 g/mol. The normalized spacial score (nSPS) is 16.2. The van der Waals surface area contributed by atoms with Crippen molar-refractivity contribution in [3.05, 3.63) is 47.5 Å². The van der Waals surface area contributed by atoms with E-state index in [-0.39, 0.29) is 10.9 Å². The second-order valence-corrected chi connectivity index (χ2v) is 8.24. The molecular weight excluding hydrogens is 352 g/mol. The lowest BCUT2D eigenvalue weighted by Crippen LogP contribution is -2.35. The highest BCUT2D eigenvalue weighted by molar-refractivity contribution is 7.92. The predicted octanol–water partition coefficient (Wildman–Crippen LogP) is 2.82. The van der Waals surface area contributed by atoms with Gasteiger partial charge in [0.1, 0.15) is 4.90 Å². The lowest BCUT2D eigenvalue weighted by atomic mass is 10.0. The summed E-state index contributed by atoms with van der Waals surface area (Å²) >= 11 is 0. The van der Waals surface area contributed by atoms with Crippen molar-refractivity contribution in [2.75, 3.05) is 28.9 Å². The Labute approximate surface area is 152 Å². The smallest absolute Gasteiger partial charge is 0.321 e. The molecule has 0 aliphatic carbocycles. The third-order valence-corrected chi connectivity index (χ3v) is 6.10. The molecule has 0 radical (unpaired) electrons. The summed E-state index contributed by atoms with van der Waals surface area (Å²) in [5.74, 6) is 0. The summed E-state index contributed by atoms with van der Waals surface area (Å²) in [4.78, 5) is 13.5. The summed E-state index contributed by atoms with van der Waals surface area (Å²) < 4.78 is 28.5. The van der Waals surface area contributed by atoms with Gasteiger partial charge in [-0.2, -0.15) is 0 Å². The van der Waals surface area contributed by atoms with Crippen LogP contribution in [0.5, 0.6) is 0 Å². The Hall–Kier alpha value is -2.74. The minimum Gasteiger partial charge on any atom is -0.384 e. The van der Waals surface area contributed by atoms with E-state index in [1.54, 1.807) is 37.4 Å². The summed E-state index contributed by atoms with van der Waals surface area (Å²) in [7, 11) is -2.03. The number of sulfonamides is 1. The fourth-order valence-corrected chi connectivity index (χ4v) is 4.64. The largest absolute Gasteiger partial charge is 0.384 e. The van der Waals surface area contributed by atoms with E-state index in [0.717, 1.165) is 30.5 Å². The van der Waals surface area contributed by atoms with Crippen LogP contribution in [-0.2, 0) is 23.0 Å². The van der Waals surface area contributed by atoms with Crippen LogP contribution in [-0.4, -0.2) is 32.9 Å². The van der Waals surface area contributed by atoms with E-state index in [0.29, 0.717) is 23.6 Å². The van der Waals surface area contributed by atoms with E-state index >= 15 is 0 Å². The molecule has 2 aromatic carbocycles. The van der Waals surface area contributed by atoms with Crippen LogP contribution in [0.2, 0.25) is 0 Å². The summed E-state index contributed by atoms with van der Waals surface area (Å²) in [6.07, 6.45) is 1.87. The van der Waals surface area contributed by atoms with Gasteiger partial charge in [-0.05, 0) is 48.2 Å². The molecule has 4 rings (SSSR count). The lowest BCUT2D eigenvalue weighted by Gasteiger charge is -2.26. The molecule has 0 saturated carbocycles. The number of urea groups is 1. The zero-order chi connectivity index (χ0) is 18.3. The highest BCUT2D eigenvalue weighted by Gasteiger charge is 2.24. The van der Waals surface area contributed by atoms with Crippen LogP contribution in [0.3, 0.4) is 0 Å². The van der Waals surface area contributed by atoms with Gasteiger partial charge in [-0.15, -0.1) is 0 Å². The van der Waals surface area contributed by atoms with Crippen LogP contribution in [0.1, 0.15) is 17.5 Å². The van der Waals surface area contributed by atoms with Gasteiger partial charge in [-0.1, -0.05) is 12.1 Å². The first-order chi connectivity index (χ1) is 12.4. The number of carbonyl (C=O) groups is 1. The molecular formula is C18H20N4O3S. The first kappa shape index (κ1) is 16.7. The molecule has 0 unspecified atom stereocenters. The Morgan fingerprint density at radius 3 is 2.85 bits per heavy atom. The molecule has 2 aromatic rings. The van der Waals surface area contributed by atoms with Gasteiger partial charge in [0.2, 0.25) is 0 Å². The Balaban J connectivity index is 1.65. The molecule has 0 saturated heterocycles. The van der Waals surface area contributed by atoms with Gasteiger partial charge in [0.05, 0.1) is 5.69 Å². The van der Waals surface area contributed by atoms with Crippen molar-refractivity contribution < 1.29 is 13.2 Å². The van der Waals surface area contributed by atoms with Crippen LogP contribution in [0.15, 0.2) is 41.3 Å². The molecule has 136 valence electrons. The number of carbonyl (C=O) groups excluding carboxylic acids is 1. The van der Waals surface area contributed by atoms with Crippen molar-refractivity contribution >= 4 is 33.1 Å². The Bertz CT molecular complexity index is 988. The van der Waals surface area contributed by atoms with Crippen LogP contribution >= 0.6 is 0 Å². The summed E-state index contributed by atoms with van der Waals surface area (Å²) in [5.41, 5.74) is 3.75. The molecule has 0 spiro atoms. The second-order valence-electron chi connectivity index (χ2n) is 6.58. The molecule has 2 heterocycles. The number of hydrogen-bond acceptors (Lipinski definition) is 4. The Kier molecular flexibility index (Phi) is 3.99. The van der Waals surface area contributed by atoms with Crippen molar-refractivity contribution in [2.24, 2.45) is 0 Å². The number of nitrogens with zero attached hydrogens (tertiary/aromatic N) is 1. The van der Waals surface area contributed by atoms with Crippen molar-refractivity contribution in [2.45, 2.75) is 24.3 Å². The van der Waals surface area contributed by atoms with Crippen LogP contribution < -0.4 is 15.4 Å². The number of anilines is 3. The molecule has 26 heavy (non-hydrogen) atoms. The number of hydrogen-bond donors (Lipinski definition) is 3. The van der Waals surface area contributed by atoms with E-state index < -0.39 is 10.0 Å². The number of fused-ring (bicyclic) bond motifs is 2. The minimum absolute atomic E-state index is 0.173. The van der Waals surface area contributed by atoms with E-state index in [2.05, 4.69) is 15.4 Å². The molecule has 0 atom stereocenters. The number of nitrogens with one attached hydrogen (secondary N) is 3. The van der Waals surface area contributed by atoms with Gasteiger partial charge in [-0.3, -0.25) is 4.72 Å². The van der Waals surface area contributed by atoms with Crippen molar-refractivity contribution in [1.82, 2.24) is 4.90 Å². The number of amides is 2. The zero-order valence-corrected chi connectivity index (χ0v) is 15.2. The molecule has 2 amide bonds. The van der Waals surface area contributed by atoms with Crippen LogP contribution in [0.4, 0.5) is 21.9 Å². The van der Waals surface area contributed by atoms with Crippen LogP contribution in [0.25, 0.3) is 0 Å². The maximum Gasteiger partial charge on any atom is 0.321 e. The zero-order valence-electron chi connectivity index (χ0n) is 14.4. The molecule has 2 aliphatic rings. The molecule has 7 nitrogen and oxygen atoms in total. The van der Waals surface area contributed by atoms with Crippen molar-refractivity contribution in [3.8, 4) is 0 Å². The maximum absolute atomic E-state index is 12.9. The Morgan fingerprint density at radius 2 is 2.00 bits per heavy atom. The minimum atomic E-state index is -3.72. The summed E-state index contributed by atoms with van der Waals surface area (Å²) in [6, 6.07) is 10.3. The number of rotatable bonds is 3. The quantitative estimate of drug-likeness (QED) is 0.773. The van der Waals surface area contributed by atoms with Gasteiger partial charge < -0.3 is 15.5 Å². The average Bonchev–Trinajstić information content (AvgIpc) is 2.62. The fourth-order valence-electron chi connectivity index (χ4n) is 3.36. The highest BCUT2D eigenvalue weighted by Crippen LogP contribution is 2.32. The molecule has 2 aliphatic heterocycles. The van der Waals surface area contributed by atoms with Gasteiger partial charge in [0.15, 0.2) is 0 Å². The van der Waals surface area contributed by atoms with E-state index in [1.807, 2.05) is 6.07 Å². The molecule has 0 bridgehead atoms. The summed E-state index contributed by atoms with van der Waals surface area (Å²) in [6.45, 7) is 1.20. The van der Waals surface area contributed by atoms with E-state index in [4.69, 9.17) is 0 Å². The molecule has 3 N–H and O–H groups in total. The van der Waals surface area contributed by atoms with Gasteiger partial charge in [-0.25, -0.2) is 13.2 Å². The molecule has 8 heteroatoms. The third kappa shape index (κ3) is 2.96. The standard InChI is InChI=1S/C18H20N4O3S/c1-22-11-13-10-14(7-8-15(13)20-18(22)23)21-26(24,25)16-6-2-4-12-5-3-9-19-17(12)16/h2,4,6-8,10,19,21H,3,5,9,11H2,1H3,(H,20,23). The van der Waals surface area contributed by atoms with Crippen LogP contribution in [0, 0.1) is 0 Å². The molecule has 0 aromatic heterocycles.